The molecule has 10 nitrogen and oxygen atoms in total. The number of methoxy groups -OCH3 is 1. The summed E-state index contributed by atoms with van der Waals surface area (Å²) >= 11 is 0. The summed E-state index contributed by atoms with van der Waals surface area (Å²) in [4.78, 5) is 29.1. The summed E-state index contributed by atoms with van der Waals surface area (Å²) < 4.78 is 12.7. The Balaban J connectivity index is 1.89. The highest BCUT2D eigenvalue weighted by Crippen LogP contribution is 2.37. The molecule has 4 rings (SSSR count). The number of hydrogen-bond acceptors (Lipinski definition) is 6. The fraction of sp³-hybridized carbons (Fsp3) is 0.263. The van der Waals surface area contributed by atoms with Crippen LogP contribution in [0.1, 0.15) is 12.8 Å². The lowest BCUT2D eigenvalue weighted by Crippen LogP contribution is -2.57. The molecule has 0 spiro atoms. The number of pyridine rings is 1. The Bertz CT molecular complexity index is 1080. The van der Waals surface area contributed by atoms with Gasteiger partial charge in [-0.25, -0.2) is 19.3 Å². The van der Waals surface area contributed by atoms with Gasteiger partial charge in [0, 0.05) is 42.9 Å². The van der Waals surface area contributed by atoms with E-state index >= 15 is 0 Å². The van der Waals surface area contributed by atoms with Crippen LogP contribution in [-0.4, -0.2) is 61.3 Å². The Kier molecular flexibility index (Phi) is 4.45. The second-order valence-corrected chi connectivity index (χ2v) is 6.54. The molecule has 3 aromatic rings. The largest absolute Gasteiger partial charge is 0.497 e. The molecule has 0 saturated carbocycles. The zero-order valence-corrected chi connectivity index (χ0v) is 15.5. The number of benzene rings is 1. The van der Waals surface area contributed by atoms with Crippen molar-refractivity contribution in [3.63, 3.8) is 0 Å². The molecule has 1 amide bonds. The first-order valence-corrected chi connectivity index (χ1v) is 8.86. The van der Waals surface area contributed by atoms with E-state index in [4.69, 9.17) is 9.47 Å². The van der Waals surface area contributed by atoms with Gasteiger partial charge in [0.15, 0.2) is 5.82 Å². The Morgan fingerprint density at radius 2 is 2.07 bits per heavy atom. The lowest BCUT2D eigenvalue weighted by atomic mass is 10.1. The van der Waals surface area contributed by atoms with Gasteiger partial charge in [-0.2, -0.15) is 5.10 Å². The van der Waals surface area contributed by atoms with Gasteiger partial charge in [-0.15, -0.1) is 0 Å². The van der Waals surface area contributed by atoms with Crippen LogP contribution in [0.25, 0.3) is 16.7 Å². The molecule has 29 heavy (non-hydrogen) atoms. The summed E-state index contributed by atoms with van der Waals surface area (Å²) in [6.07, 6.45) is 2.33. The molecule has 150 valence electrons. The number of carboxylic acid groups (broad SMARTS) is 2. The third kappa shape index (κ3) is 3.08. The molecule has 3 heterocycles. The van der Waals surface area contributed by atoms with Crippen molar-refractivity contribution in [1.29, 1.82) is 0 Å². The molecule has 0 unspecified atom stereocenters. The zero-order valence-electron chi connectivity index (χ0n) is 15.5. The standard InChI is InChI=1S/C19H18N4O6/c1-28-12-4-5-13-14(10-12)21-16(23-9-3-7-20-23)11-15(13)29-19(17(24)25)6-2-8-22(19)18(26)27/h3-5,7,9-11H,2,6,8H2,1H3,(H,24,25)(H,26,27)/t19-/m1/s1. The second kappa shape index (κ2) is 6.97. The van der Waals surface area contributed by atoms with Gasteiger partial charge in [-0.3, -0.25) is 4.90 Å². The van der Waals surface area contributed by atoms with E-state index in [9.17, 15) is 19.8 Å². The predicted octanol–water partition coefficient (Wildman–Crippen LogP) is 2.36. The zero-order chi connectivity index (χ0) is 20.6. The molecule has 1 aliphatic heterocycles. The molecule has 1 saturated heterocycles. The first-order chi connectivity index (χ1) is 13.9. The molecule has 10 heteroatoms. The quantitative estimate of drug-likeness (QED) is 0.671. The number of amides is 1. The maximum absolute atomic E-state index is 12.1. The van der Waals surface area contributed by atoms with E-state index in [0.29, 0.717) is 28.9 Å². The highest BCUT2D eigenvalue weighted by molar-refractivity contribution is 5.89. The average Bonchev–Trinajstić information content (AvgIpc) is 3.38. The fourth-order valence-electron chi connectivity index (χ4n) is 3.49. The number of aliphatic carboxylic acids is 1. The number of hydrogen-bond donors (Lipinski definition) is 2. The van der Waals surface area contributed by atoms with Crippen molar-refractivity contribution in [3.05, 3.63) is 42.7 Å². The van der Waals surface area contributed by atoms with Crippen molar-refractivity contribution in [1.82, 2.24) is 19.7 Å². The predicted molar refractivity (Wildman–Crippen MR) is 100 cm³/mol. The molecule has 0 aliphatic carbocycles. The Hall–Kier alpha value is -3.82. The van der Waals surface area contributed by atoms with Crippen LogP contribution in [-0.2, 0) is 4.79 Å². The van der Waals surface area contributed by atoms with E-state index in [2.05, 4.69) is 10.1 Å². The Morgan fingerprint density at radius 1 is 1.24 bits per heavy atom. The van der Waals surface area contributed by atoms with Crippen LogP contribution < -0.4 is 9.47 Å². The van der Waals surface area contributed by atoms with Crippen LogP contribution in [0.4, 0.5) is 4.79 Å². The highest BCUT2D eigenvalue weighted by atomic mass is 16.6. The third-order valence-electron chi connectivity index (χ3n) is 4.88. The van der Waals surface area contributed by atoms with Crippen molar-refractivity contribution < 1.29 is 29.3 Å². The monoisotopic (exact) mass is 398 g/mol. The third-order valence-corrected chi connectivity index (χ3v) is 4.88. The van der Waals surface area contributed by atoms with E-state index < -0.39 is 17.8 Å². The summed E-state index contributed by atoms with van der Waals surface area (Å²) in [6, 6.07) is 8.34. The molecular weight excluding hydrogens is 380 g/mol. The van der Waals surface area contributed by atoms with Gasteiger partial charge < -0.3 is 19.7 Å². The van der Waals surface area contributed by atoms with Gasteiger partial charge >= 0.3 is 12.1 Å². The first-order valence-electron chi connectivity index (χ1n) is 8.86. The van der Waals surface area contributed by atoms with Crippen LogP contribution >= 0.6 is 0 Å². The summed E-state index contributed by atoms with van der Waals surface area (Å²) in [5.74, 6) is -0.212. The van der Waals surface area contributed by atoms with E-state index in [1.54, 1.807) is 42.7 Å². The van der Waals surface area contributed by atoms with Gasteiger partial charge in [-0.05, 0) is 24.6 Å². The van der Waals surface area contributed by atoms with Crippen LogP contribution in [0.5, 0.6) is 11.5 Å². The van der Waals surface area contributed by atoms with E-state index in [1.165, 1.54) is 11.8 Å². The minimum Gasteiger partial charge on any atom is -0.497 e. The molecule has 0 bridgehead atoms. The van der Waals surface area contributed by atoms with Crippen LogP contribution in [0, 0.1) is 0 Å². The van der Waals surface area contributed by atoms with Crippen molar-refractivity contribution in [2.75, 3.05) is 13.7 Å². The van der Waals surface area contributed by atoms with Crippen molar-refractivity contribution in [2.24, 2.45) is 0 Å². The number of ether oxygens (including phenoxy) is 2. The van der Waals surface area contributed by atoms with Crippen LogP contribution in [0.3, 0.4) is 0 Å². The minimum atomic E-state index is -2.01. The van der Waals surface area contributed by atoms with E-state index in [1.807, 2.05) is 0 Å². The first kappa shape index (κ1) is 18.5. The molecule has 2 aromatic heterocycles. The number of likely N-dealkylation sites (tertiary alicyclic amines) is 1. The van der Waals surface area contributed by atoms with Gasteiger partial charge in [0.2, 0.25) is 0 Å². The molecule has 1 atom stereocenters. The number of rotatable bonds is 5. The lowest BCUT2D eigenvalue weighted by molar-refractivity contribution is -0.167. The van der Waals surface area contributed by atoms with Gasteiger partial charge in [-0.1, -0.05) is 0 Å². The topological polar surface area (TPSA) is 127 Å². The summed E-state index contributed by atoms with van der Waals surface area (Å²) in [5.41, 5.74) is -1.52. The minimum absolute atomic E-state index is 0.0334. The number of fused-ring (bicyclic) bond motifs is 1. The molecule has 1 aliphatic rings. The summed E-state index contributed by atoms with van der Waals surface area (Å²) in [6.45, 7) is 0.0739. The maximum atomic E-state index is 12.1. The SMILES string of the molecule is COc1ccc2c(O[C@@]3(C(=O)O)CCCN3C(=O)O)cc(-n3cccn3)nc2c1. The average molecular weight is 398 g/mol. The second-order valence-electron chi connectivity index (χ2n) is 6.54. The molecular formula is C19H18N4O6. The van der Waals surface area contributed by atoms with Gasteiger partial charge in [0.25, 0.3) is 5.72 Å². The summed E-state index contributed by atoms with van der Waals surface area (Å²) in [7, 11) is 1.53. The highest BCUT2D eigenvalue weighted by Gasteiger charge is 2.53. The number of nitrogens with zero attached hydrogens (tertiary/aromatic N) is 4. The van der Waals surface area contributed by atoms with Gasteiger partial charge in [0.05, 0.1) is 12.6 Å². The van der Waals surface area contributed by atoms with E-state index in [0.717, 1.165) is 4.90 Å². The Labute approximate surface area is 164 Å². The van der Waals surface area contributed by atoms with Gasteiger partial charge in [0.1, 0.15) is 11.5 Å². The Morgan fingerprint density at radius 3 is 2.72 bits per heavy atom. The number of carboxylic acids is 1. The van der Waals surface area contributed by atoms with E-state index in [-0.39, 0.29) is 18.7 Å². The maximum Gasteiger partial charge on any atom is 0.410 e. The number of aromatic nitrogens is 3. The van der Waals surface area contributed by atoms with Crippen molar-refractivity contribution in [2.45, 2.75) is 18.6 Å². The lowest BCUT2D eigenvalue weighted by Gasteiger charge is -2.33. The van der Waals surface area contributed by atoms with Crippen LogP contribution in [0.2, 0.25) is 0 Å². The smallest absolute Gasteiger partial charge is 0.410 e. The summed E-state index contributed by atoms with van der Waals surface area (Å²) in [5, 5.41) is 24.0. The molecule has 0 radical (unpaired) electrons. The molecule has 2 N–H and O–H groups in total. The van der Waals surface area contributed by atoms with Crippen LogP contribution in [0.15, 0.2) is 42.7 Å². The molecule has 1 aromatic carbocycles. The number of carbonyl (C=O) groups is 2. The van der Waals surface area contributed by atoms with Crippen molar-refractivity contribution >= 4 is 23.0 Å². The fourth-order valence-corrected chi connectivity index (χ4v) is 3.49. The normalized spacial score (nSPS) is 18.7. The van der Waals surface area contributed by atoms with Crippen molar-refractivity contribution in [3.8, 4) is 17.3 Å². The molecule has 1 fully saturated rings.